The number of aromatic nitrogens is 1. The summed E-state index contributed by atoms with van der Waals surface area (Å²) < 4.78 is 10.5. The van der Waals surface area contributed by atoms with Gasteiger partial charge in [-0.25, -0.2) is 4.99 Å². The fourth-order valence-electron chi connectivity index (χ4n) is 2.71. The van der Waals surface area contributed by atoms with E-state index in [0.29, 0.717) is 30.5 Å². The largest absolute Gasteiger partial charge is 0.493 e. The lowest BCUT2D eigenvalue weighted by atomic mass is 10.1. The topological polar surface area (TPSA) is 81.8 Å². The Morgan fingerprint density at radius 2 is 1.85 bits per heavy atom. The van der Waals surface area contributed by atoms with E-state index in [1.165, 1.54) is 0 Å². The first-order chi connectivity index (χ1) is 12.7. The minimum Gasteiger partial charge on any atom is -0.493 e. The molecule has 3 aromatic rings. The predicted molar refractivity (Wildman–Crippen MR) is 119 cm³/mol. The van der Waals surface area contributed by atoms with Crippen molar-refractivity contribution in [1.82, 2.24) is 10.3 Å². The van der Waals surface area contributed by atoms with Gasteiger partial charge >= 0.3 is 0 Å². The molecule has 0 fully saturated rings. The molecule has 0 aliphatic heterocycles. The lowest BCUT2D eigenvalue weighted by Gasteiger charge is -2.10. The number of aliphatic imine (C=N–C) groups is 1. The van der Waals surface area contributed by atoms with Crippen LogP contribution in [0.25, 0.3) is 10.9 Å². The van der Waals surface area contributed by atoms with Crippen molar-refractivity contribution in [2.45, 2.75) is 13.1 Å². The third-order valence-corrected chi connectivity index (χ3v) is 4.06. The van der Waals surface area contributed by atoms with Crippen LogP contribution in [0.5, 0.6) is 11.5 Å². The molecule has 1 aromatic heterocycles. The zero-order chi connectivity index (χ0) is 18.4. The maximum atomic E-state index is 6.00. The van der Waals surface area contributed by atoms with Crippen molar-refractivity contribution in [2.75, 3.05) is 14.2 Å². The highest BCUT2D eigenvalue weighted by Crippen LogP contribution is 2.27. The smallest absolute Gasteiger partial charge is 0.189 e. The highest BCUT2D eigenvalue weighted by atomic mass is 127. The average molecular weight is 478 g/mol. The summed E-state index contributed by atoms with van der Waals surface area (Å²) in [5.41, 5.74) is 9.03. The molecule has 0 spiro atoms. The van der Waals surface area contributed by atoms with E-state index in [4.69, 9.17) is 15.2 Å². The van der Waals surface area contributed by atoms with Crippen LogP contribution in [0.1, 0.15) is 11.1 Å². The number of hydrogen-bond donors (Lipinski definition) is 2. The Morgan fingerprint density at radius 3 is 2.63 bits per heavy atom. The van der Waals surface area contributed by atoms with Crippen LogP contribution < -0.4 is 20.5 Å². The van der Waals surface area contributed by atoms with Gasteiger partial charge in [0.1, 0.15) is 0 Å². The number of methoxy groups -OCH3 is 2. The SMILES string of the molecule is COc1ccc(CN=C(N)NCc2cccc3cccnc23)cc1OC.I. The molecule has 7 heteroatoms. The highest BCUT2D eigenvalue weighted by Gasteiger charge is 2.05. The van der Waals surface area contributed by atoms with E-state index in [1.807, 2.05) is 48.5 Å². The monoisotopic (exact) mass is 478 g/mol. The molecule has 3 rings (SSSR count). The van der Waals surface area contributed by atoms with Gasteiger partial charge in [-0.15, -0.1) is 24.0 Å². The van der Waals surface area contributed by atoms with Gasteiger partial charge in [-0.05, 0) is 29.3 Å². The number of halogens is 1. The van der Waals surface area contributed by atoms with Crippen LogP contribution in [0.3, 0.4) is 0 Å². The van der Waals surface area contributed by atoms with Crippen LogP contribution >= 0.6 is 24.0 Å². The van der Waals surface area contributed by atoms with Gasteiger partial charge in [-0.1, -0.05) is 30.3 Å². The van der Waals surface area contributed by atoms with Crippen molar-refractivity contribution in [3.05, 3.63) is 65.9 Å². The van der Waals surface area contributed by atoms with Crippen LogP contribution in [0.4, 0.5) is 0 Å². The van der Waals surface area contributed by atoms with Gasteiger partial charge in [0.15, 0.2) is 17.5 Å². The molecule has 0 amide bonds. The molecule has 0 atom stereocenters. The lowest BCUT2D eigenvalue weighted by molar-refractivity contribution is 0.354. The van der Waals surface area contributed by atoms with Crippen molar-refractivity contribution in [2.24, 2.45) is 10.7 Å². The van der Waals surface area contributed by atoms with Gasteiger partial charge < -0.3 is 20.5 Å². The van der Waals surface area contributed by atoms with Crippen molar-refractivity contribution < 1.29 is 9.47 Å². The number of nitrogens with two attached hydrogens (primary N) is 1. The lowest BCUT2D eigenvalue weighted by Crippen LogP contribution is -2.31. The molecule has 0 radical (unpaired) electrons. The number of nitrogens with one attached hydrogen (secondary N) is 1. The van der Waals surface area contributed by atoms with Crippen LogP contribution in [-0.2, 0) is 13.1 Å². The summed E-state index contributed by atoms with van der Waals surface area (Å²) in [5, 5.41) is 4.25. The van der Waals surface area contributed by atoms with Crippen molar-refractivity contribution in [3.63, 3.8) is 0 Å². The summed E-state index contributed by atoms with van der Waals surface area (Å²) in [6.07, 6.45) is 1.79. The van der Waals surface area contributed by atoms with Gasteiger partial charge in [0.2, 0.25) is 0 Å². The molecular formula is C20H23IN4O2. The summed E-state index contributed by atoms with van der Waals surface area (Å²) in [6.45, 7) is 1.02. The third kappa shape index (κ3) is 5.22. The zero-order valence-corrected chi connectivity index (χ0v) is 17.6. The quantitative estimate of drug-likeness (QED) is 0.322. The van der Waals surface area contributed by atoms with E-state index in [9.17, 15) is 0 Å². The molecule has 1 heterocycles. The van der Waals surface area contributed by atoms with Gasteiger partial charge in [-0.3, -0.25) is 4.98 Å². The maximum absolute atomic E-state index is 6.00. The second kappa shape index (κ2) is 9.96. The van der Waals surface area contributed by atoms with Crippen molar-refractivity contribution >= 4 is 40.8 Å². The van der Waals surface area contributed by atoms with Crippen molar-refractivity contribution in [1.29, 1.82) is 0 Å². The Morgan fingerprint density at radius 1 is 1.07 bits per heavy atom. The Balaban J connectivity index is 0.00000261. The summed E-state index contributed by atoms with van der Waals surface area (Å²) in [7, 11) is 3.22. The average Bonchev–Trinajstić information content (AvgIpc) is 2.70. The molecule has 3 N–H and O–H groups in total. The molecule has 6 nitrogen and oxygen atoms in total. The van der Waals surface area contributed by atoms with E-state index < -0.39 is 0 Å². The molecule has 0 unspecified atom stereocenters. The number of rotatable bonds is 6. The molecule has 0 bridgehead atoms. The fraction of sp³-hybridized carbons (Fsp3) is 0.200. The molecule has 27 heavy (non-hydrogen) atoms. The minimum absolute atomic E-state index is 0. The number of nitrogens with zero attached hydrogens (tertiary/aromatic N) is 2. The van der Waals surface area contributed by atoms with Crippen LogP contribution in [0.15, 0.2) is 59.7 Å². The van der Waals surface area contributed by atoms with Gasteiger partial charge in [0.25, 0.3) is 0 Å². The van der Waals surface area contributed by atoms with Crippen LogP contribution in [0, 0.1) is 0 Å². The standard InChI is InChI=1S/C20H22N4O2.HI/c1-25-17-9-8-14(11-18(17)26-2)12-23-20(21)24-13-16-6-3-5-15-7-4-10-22-19(15)16;/h3-11H,12-13H2,1-2H3,(H3,21,23,24);1H. The Bertz CT molecular complexity index is 926. The van der Waals surface area contributed by atoms with Gasteiger partial charge in [0, 0.05) is 18.1 Å². The fourth-order valence-corrected chi connectivity index (χ4v) is 2.71. The molecule has 0 aliphatic carbocycles. The van der Waals surface area contributed by atoms with Gasteiger partial charge in [-0.2, -0.15) is 0 Å². The summed E-state index contributed by atoms with van der Waals surface area (Å²) in [4.78, 5) is 8.83. The summed E-state index contributed by atoms with van der Waals surface area (Å²) >= 11 is 0. The van der Waals surface area contributed by atoms with Crippen molar-refractivity contribution in [3.8, 4) is 11.5 Å². The number of benzene rings is 2. The third-order valence-electron chi connectivity index (χ3n) is 4.06. The first-order valence-corrected chi connectivity index (χ1v) is 8.28. The van der Waals surface area contributed by atoms with E-state index in [-0.39, 0.29) is 24.0 Å². The normalized spacial score (nSPS) is 11.0. The summed E-state index contributed by atoms with van der Waals surface area (Å²) in [5.74, 6) is 1.75. The Kier molecular flexibility index (Phi) is 7.66. The predicted octanol–water partition coefficient (Wildman–Crippen LogP) is 3.47. The number of fused-ring (bicyclic) bond motifs is 1. The molecule has 142 valence electrons. The van der Waals surface area contributed by atoms with E-state index in [1.54, 1.807) is 20.4 Å². The number of pyridine rings is 1. The first-order valence-electron chi connectivity index (χ1n) is 8.28. The van der Waals surface area contributed by atoms with E-state index in [0.717, 1.165) is 22.0 Å². The van der Waals surface area contributed by atoms with E-state index >= 15 is 0 Å². The number of guanidine groups is 1. The van der Waals surface area contributed by atoms with Crippen LogP contribution in [0.2, 0.25) is 0 Å². The Hall–Kier alpha value is -2.55. The maximum Gasteiger partial charge on any atom is 0.189 e. The molecular weight excluding hydrogens is 455 g/mol. The molecule has 2 aromatic carbocycles. The number of hydrogen-bond acceptors (Lipinski definition) is 4. The zero-order valence-electron chi connectivity index (χ0n) is 15.3. The second-order valence-electron chi connectivity index (χ2n) is 5.74. The highest BCUT2D eigenvalue weighted by molar-refractivity contribution is 14.0. The number of ether oxygens (including phenoxy) is 2. The molecule has 0 saturated carbocycles. The molecule has 0 aliphatic rings. The second-order valence-corrected chi connectivity index (χ2v) is 5.74. The Labute approximate surface area is 175 Å². The number of para-hydroxylation sites is 1. The summed E-state index contributed by atoms with van der Waals surface area (Å²) in [6, 6.07) is 15.7. The minimum atomic E-state index is 0. The first kappa shape index (κ1) is 20.8. The van der Waals surface area contributed by atoms with Gasteiger partial charge in [0.05, 0.1) is 26.3 Å². The van der Waals surface area contributed by atoms with Crippen LogP contribution in [-0.4, -0.2) is 25.2 Å². The van der Waals surface area contributed by atoms with E-state index in [2.05, 4.69) is 15.3 Å². The molecule has 0 saturated heterocycles.